The summed E-state index contributed by atoms with van der Waals surface area (Å²) in [6, 6.07) is 23.5. The van der Waals surface area contributed by atoms with Gasteiger partial charge in [-0.05, 0) is 70.4 Å². The number of benzene rings is 3. The van der Waals surface area contributed by atoms with Crippen LogP contribution in [0.25, 0.3) is 0 Å². The number of aryl methyl sites for hydroxylation is 1. The molecule has 0 radical (unpaired) electrons. The minimum atomic E-state index is -0.655. The van der Waals surface area contributed by atoms with E-state index in [0.717, 1.165) is 46.8 Å². The molecule has 206 valence electrons. The van der Waals surface area contributed by atoms with Gasteiger partial charge in [-0.25, -0.2) is 0 Å². The van der Waals surface area contributed by atoms with E-state index in [0.29, 0.717) is 24.6 Å². The Labute approximate surface area is 241 Å². The Morgan fingerprint density at radius 2 is 1.67 bits per heavy atom. The van der Waals surface area contributed by atoms with Gasteiger partial charge in [-0.3, -0.25) is 9.59 Å². The van der Waals surface area contributed by atoms with Crippen LogP contribution in [0.5, 0.6) is 5.75 Å². The summed E-state index contributed by atoms with van der Waals surface area (Å²) in [4.78, 5) is 29.3. The van der Waals surface area contributed by atoms with Crippen LogP contribution in [0.1, 0.15) is 67.7 Å². The Morgan fingerprint density at radius 3 is 2.31 bits per heavy atom. The third kappa shape index (κ3) is 8.18. The van der Waals surface area contributed by atoms with Crippen molar-refractivity contribution in [1.29, 1.82) is 0 Å². The molecule has 5 nitrogen and oxygen atoms in total. The molecule has 1 aliphatic rings. The van der Waals surface area contributed by atoms with Crippen LogP contribution >= 0.6 is 15.9 Å². The molecule has 0 aromatic heterocycles. The van der Waals surface area contributed by atoms with Crippen LogP contribution in [0.15, 0.2) is 77.3 Å². The molecule has 1 atom stereocenters. The third-order valence-electron chi connectivity index (χ3n) is 7.42. The minimum Gasteiger partial charge on any atom is -0.483 e. The predicted molar refractivity (Wildman–Crippen MR) is 160 cm³/mol. The van der Waals surface area contributed by atoms with Gasteiger partial charge in [0.15, 0.2) is 6.61 Å². The summed E-state index contributed by atoms with van der Waals surface area (Å²) in [5.41, 5.74) is 4.32. The van der Waals surface area contributed by atoms with E-state index in [1.54, 1.807) is 4.90 Å². The summed E-state index contributed by atoms with van der Waals surface area (Å²) in [6.07, 6.45) is 4.65. The van der Waals surface area contributed by atoms with Crippen LogP contribution in [0.4, 0.5) is 0 Å². The number of halogens is 1. The fourth-order valence-electron chi connectivity index (χ4n) is 5.03. The van der Waals surface area contributed by atoms with Crippen molar-refractivity contribution in [1.82, 2.24) is 10.2 Å². The molecule has 0 bridgehead atoms. The van der Waals surface area contributed by atoms with Gasteiger partial charge in [0, 0.05) is 19.0 Å². The van der Waals surface area contributed by atoms with Gasteiger partial charge in [-0.1, -0.05) is 92.9 Å². The molecular weight excluding hydrogens is 552 g/mol. The number of carbonyl (C=O) groups excluding carboxylic acids is 2. The zero-order valence-corrected chi connectivity index (χ0v) is 24.7. The minimum absolute atomic E-state index is 0.103. The van der Waals surface area contributed by atoms with Gasteiger partial charge in [-0.2, -0.15) is 0 Å². The van der Waals surface area contributed by atoms with Gasteiger partial charge in [0.1, 0.15) is 11.8 Å². The maximum Gasteiger partial charge on any atom is 0.261 e. The third-order valence-corrected chi connectivity index (χ3v) is 8.04. The van der Waals surface area contributed by atoms with Crippen LogP contribution in [0.3, 0.4) is 0 Å². The van der Waals surface area contributed by atoms with Crippen molar-refractivity contribution in [2.24, 2.45) is 0 Å². The van der Waals surface area contributed by atoms with E-state index < -0.39 is 6.04 Å². The lowest BCUT2D eigenvalue weighted by molar-refractivity contribution is -0.143. The summed E-state index contributed by atoms with van der Waals surface area (Å²) < 4.78 is 6.83. The molecule has 1 fully saturated rings. The Bertz CT molecular complexity index is 1240. The molecule has 1 aliphatic carbocycles. The molecule has 2 amide bonds. The number of hydrogen-bond acceptors (Lipinski definition) is 3. The fourth-order valence-corrected chi connectivity index (χ4v) is 5.54. The summed E-state index contributed by atoms with van der Waals surface area (Å²) in [5, 5.41) is 3.25. The Morgan fingerprint density at radius 1 is 0.974 bits per heavy atom. The summed E-state index contributed by atoms with van der Waals surface area (Å²) in [7, 11) is 0. The zero-order valence-electron chi connectivity index (χ0n) is 23.2. The number of hydrogen-bond donors (Lipinski definition) is 1. The highest BCUT2D eigenvalue weighted by atomic mass is 79.9. The normalized spacial score (nSPS) is 14.3. The van der Waals surface area contributed by atoms with Crippen LogP contribution in [0.2, 0.25) is 0 Å². The molecule has 3 aromatic rings. The number of amides is 2. The lowest BCUT2D eigenvalue weighted by atomic mass is 10.0. The molecule has 0 spiro atoms. The SMILES string of the molecule is Cc1ccc(CN(C(=O)COc2ccc(C(C)C)cc2Br)C(Cc2ccccc2)C(=O)NC2CCCC2)cc1. The van der Waals surface area contributed by atoms with Crippen LogP contribution in [-0.2, 0) is 22.6 Å². The van der Waals surface area contributed by atoms with Crippen molar-refractivity contribution in [2.45, 2.75) is 77.4 Å². The van der Waals surface area contributed by atoms with Crippen molar-refractivity contribution in [3.05, 3.63) is 99.5 Å². The zero-order chi connectivity index (χ0) is 27.8. The molecule has 6 heteroatoms. The van der Waals surface area contributed by atoms with E-state index in [-0.39, 0.29) is 24.5 Å². The number of nitrogens with one attached hydrogen (secondary N) is 1. The largest absolute Gasteiger partial charge is 0.483 e. The first-order valence-electron chi connectivity index (χ1n) is 13.9. The van der Waals surface area contributed by atoms with Crippen LogP contribution < -0.4 is 10.1 Å². The molecule has 39 heavy (non-hydrogen) atoms. The Hall–Kier alpha value is -3.12. The number of nitrogens with zero attached hydrogens (tertiary/aromatic N) is 1. The van der Waals surface area contributed by atoms with Crippen LogP contribution in [-0.4, -0.2) is 35.4 Å². The van der Waals surface area contributed by atoms with Gasteiger partial charge in [0.05, 0.1) is 4.47 Å². The van der Waals surface area contributed by atoms with Crippen LogP contribution in [0, 0.1) is 6.92 Å². The molecule has 0 saturated heterocycles. The quantitative estimate of drug-likeness (QED) is 0.262. The number of carbonyl (C=O) groups is 2. The van der Waals surface area contributed by atoms with E-state index in [1.807, 2.05) is 79.7 Å². The highest BCUT2D eigenvalue weighted by molar-refractivity contribution is 9.10. The number of rotatable bonds is 11. The Balaban J connectivity index is 1.60. The van der Waals surface area contributed by atoms with E-state index in [9.17, 15) is 9.59 Å². The molecule has 1 N–H and O–H groups in total. The van der Waals surface area contributed by atoms with Crippen molar-refractivity contribution in [2.75, 3.05) is 6.61 Å². The highest BCUT2D eigenvalue weighted by Crippen LogP contribution is 2.29. The monoisotopic (exact) mass is 590 g/mol. The average molecular weight is 592 g/mol. The first kappa shape index (κ1) is 28.9. The van der Waals surface area contributed by atoms with Crippen molar-refractivity contribution < 1.29 is 14.3 Å². The van der Waals surface area contributed by atoms with Gasteiger partial charge in [-0.15, -0.1) is 0 Å². The summed E-state index contributed by atoms with van der Waals surface area (Å²) in [6.45, 7) is 6.48. The molecule has 3 aromatic carbocycles. The first-order valence-corrected chi connectivity index (χ1v) is 14.7. The summed E-state index contributed by atoms with van der Waals surface area (Å²) >= 11 is 3.59. The van der Waals surface area contributed by atoms with Crippen molar-refractivity contribution in [3.63, 3.8) is 0 Å². The van der Waals surface area contributed by atoms with E-state index in [2.05, 4.69) is 35.1 Å². The second-order valence-electron chi connectivity index (χ2n) is 10.8. The van der Waals surface area contributed by atoms with Crippen molar-refractivity contribution >= 4 is 27.7 Å². The van der Waals surface area contributed by atoms with Gasteiger partial charge in [0.2, 0.25) is 5.91 Å². The molecule has 0 aliphatic heterocycles. The highest BCUT2D eigenvalue weighted by Gasteiger charge is 2.32. The Kier molecular flexibility index (Phi) is 10.2. The molecular formula is C33H39BrN2O3. The maximum absolute atomic E-state index is 13.9. The van der Waals surface area contributed by atoms with E-state index in [1.165, 1.54) is 5.56 Å². The molecule has 4 rings (SSSR count). The first-order chi connectivity index (χ1) is 18.8. The fraction of sp³-hybridized carbons (Fsp3) is 0.394. The summed E-state index contributed by atoms with van der Waals surface area (Å²) in [5.74, 6) is 0.670. The standard InChI is InChI=1S/C33H39BrN2O3/c1-23(2)27-17-18-31(29(34)20-27)39-22-32(37)36(21-26-15-13-24(3)14-16-26)30(19-25-9-5-4-6-10-25)33(38)35-28-11-7-8-12-28/h4-6,9-10,13-18,20,23,28,30H,7-8,11-12,19,21-22H2,1-3H3,(H,35,38). The molecule has 0 heterocycles. The van der Waals surface area contributed by atoms with E-state index >= 15 is 0 Å². The second kappa shape index (κ2) is 13.8. The van der Waals surface area contributed by atoms with Gasteiger partial charge >= 0.3 is 0 Å². The lowest BCUT2D eigenvalue weighted by Gasteiger charge is -2.32. The molecule has 1 saturated carbocycles. The van der Waals surface area contributed by atoms with E-state index in [4.69, 9.17) is 4.74 Å². The second-order valence-corrected chi connectivity index (χ2v) is 11.7. The average Bonchev–Trinajstić information content (AvgIpc) is 3.44. The molecule has 1 unspecified atom stereocenters. The van der Waals surface area contributed by atoms with Crippen molar-refractivity contribution in [3.8, 4) is 5.75 Å². The topological polar surface area (TPSA) is 58.6 Å². The predicted octanol–water partition coefficient (Wildman–Crippen LogP) is 6.96. The van der Waals surface area contributed by atoms with Gasteiger partial charge < -0.3 is 15.0 Å². The lowest BCUT2D eigenvalue weighted by Crippen LogP contribution is -2.53. The smallest absolute Gasteiger partial charge is 0.261 e. The number of ether oxygens (including phenoxy) is 1. The van der Waals surface area contributed by atoms with Gasteiger partial charge in [0.25, 0.3) is 5.91 Å². The maximum atomic E-state index is 13.9.